The molecule has 2 aliphatic carbocycles. The summed E-state index contributed by atoms with van der Waals surface area (Å²) in [5, 5.41) is 5.40. The lowest BCUT2D eigenvalue weighted by molar-refractivity contribution is -0.116. The van der Waals surface area contributed by atoms with Crippen LogP contribution in [-0.2, 0) is 11.3 Å². The van der Waals surface area contributed by atoms with Crippen molar-refractivity contribution >= 4 is 57.9 Å². The predicted octanol–water partition coefficient (Wildman–Crippen LogP) is 6.51. The molecule has 2 fully saturated rings. The number of benzene rings is 2. The molecule has 1 N–H and O–H groups in total. The Labute approximate surface area is 210 Å². The molecule has 2 aromatic carbocycles. The quantitative estimate of drug-likeness (QED) is 0.430. The predicted molar refractivity (Wildman–Crippen MR) is 136 cm³/mol. The third kappa shape index (κ3) is 3.66. The second kappa shape index (κ2) is 8.49. The minimum Gasteiger partial charge on any atom is -0.325 e. The van der Waals surface area contributed by atoms with Gasteiger partial charge in [-0.05, 0) is 60.8 Å². The first-order valence-electron chi connectivity index (χ1n) is 11.2. The molecule has 5 atom stereocenters. The second-order valence-corrected chi connectivity index (χ2v) is 12.1. The molecule has 1 aliphatic heterocycles. The van der Waals surface area contributed by atoms with E-state index in [1.54, 1.807) is 4.57 Å². The van der Waals surface area contributed by atoms with Crippen LogP contribution in [0.5, 0.6) is 0 Å². The number of carbonyl (C=O) groups excluding carboxylic acids is 1. The number of halogens is 2. The summed E-state index contributed by atoms with van der Waals surface area (Å²) in [6.45, 7) is 0.00798. The number of carbonyl (C=O) groups is 1. The molecule has 6 rings (SSSR count). The van der Waals surface area contributed by atoms with E-state index in [4.69, 9.17) is 23.2 Å². The summed E-state index contributed by atoms with van der Waals surface area (Å²) >= 11 is 16.2. The van der Waals surface area contributed by atoms with Crippen molar-refractivity contribution in [2.45, 2.75) is 42.0 Å². The van der Waals surface area contributed by atoms with Crippen molar-refractivity contribution in [1.82, 2.24) is 4.57 Å². The molecule has 33 heavy (non-hydrogen) atoms. The molecular weight excluding hydrogens is 495 g/mol. The van der Waals surface area contributed by atoms with Crippen molar-refractivity contribution in [3.63, 3.8) is 0 Å². The third-order valence-corrected chi connectivity index (χ3v) is 11.0. The number of hydrogen-bond acceptors (Lipinski definition) is 4. The highest BCUT2D eigenvalue weighted by molar-refractivity contribution is 8.00. The van der Waals surface area contributed by atoms with Crippen molar-refractivity contribution < 1.29 is 4.79 Å². The van der Waals surface area contributed by atoms with Crippen LogP contribution in [0.4, 0.5) is 5.69 Å². The van der Waals surface area contributed by atoms with Gasteiger partial charge >= 0.3 is 4.87 Å². The van der Waals surface area contributed by atoms with Gasteiger partial charge in [0.15, 0.2) is 0 Å². The molecule has 8 heteroatoms. The van der Waals surface area contributed by atoms with Crippen molar-refractivity contribution in [3.8, 4) is 0 Å². The standard InChI is InChI=1S/C25H22Cl2N2O2S2/c26-17-8-4-7-16(21(17)27)20-19-13-9-10-14(11-13)22(19)32-24-23(20)33-25(31)29(24)12-18(30)28-15-5-2-1-3-6-15/h1-8,13-14,19-20,22H,9-12H2,(H,28,30)/t13-,14-,19-,20-,22+/m0/s1. The Morgan fingerprint density at radius 2 is 1.85 bits per heavy atom. The fourth-order valence-electron chi connectivity index (χ4n) is 6.06. The van der Waals surface area contributed by atoms with Crippen molar-refractivity contribution in [1.29, 1.82) is 0 Å². The van der Waals surface area contributed by atoms with Crippen molar-refractivity contribution in [2.75, 3.05) is 5.32 Å². The number of thiazole rings is 1. The minimum absolute atomic E-state index is 0.00798. The van der Waals surface area contributed by atoms with E-state index in [1.165, 1.54) is 30.6 Å². The van der Waals surface area contributed by atoms with Gasteiger partial charge in [-0.3, -0.25) is 14.2 Å². The maximum absolute atomic E-state index is 13.2. The molecule has 4 nitrogen and oxygen atoms in total. The maximum atomic E-state index is 13.2. The highest BCUT2D eigenvalue weighted by Crippen LogP contribution is 2.64. The second-order valence-electron chi connectivity index (χ2n) is 9.15. The molecule has 0 unspecified atom stereocenters. The number of thioether (sulfide) groups is 1. The van der Waals surface area contributed by atoms with Gasteiger partial charge in [-0.15, -0.1) is 11.8 Å². The van der Waals surface area contributed by atoms with Gasteiger partial charge < -0.3 is 5.32 Å². The lowest BCUT2D eigenvalue weighted by Crippen LogP contribution is -2.35. The molecule has 0 radical (unpaired) electrons. The van der Waals surface area contributed by atoms with Gasteiger partial charge in [-0.2, -0.15) is 0 Å². The summed E-state index contributed by atoms with van der Waals surface area (Å²) in [5.41, 5.74) is 1.74. The average molecular weight is 518 g/mol. The maximum Gasteiger partial charge on any atom is 0.308 e. The Balaban J connectivity index is 1.41. The van der Waals surface area contributed by atoms with Crippen LogP contribution in [0.1, 0.15) is 35.6 Å². The molecule has 2 heterocycles. The average Bonchev–Trinajstić information content (AvgIpc) is 3.50. The summed E-state index contributed by atoms with van der Waals surface area (Å²) in [5.74, 6) is 1.59. The molecule has 2 saturated carbocycles. The lowest BCUT2D eigenvalue weighted by Gasteiger charge is -2.40. The van der Waals surface area contributed by atoms with Crippen LogP contribution >= 0.6 is 46.3 Å². The lowest BCUT2D eigenvalue weighted by atomic mass is 9.75. The number of nitrogens with zero attached hydrogens (tertiary/aromatic N) is 1. The van der Waals surface area contributed by atoms with E-state index < -0.39 is 0 Å². The van der Waals surface area contributed by atoms with Gasteiger partial charge in [0, 0.05) is 21.7 Å². The van der Waals surface area contributed by atoms with Crippen LogP contribution in [0.15, 0.2) is 58.4 Å². The normalized spacial score (nSPS) is 27.3. The Hall–Kier alpha value is -1.73. The van der Waals surface area contributed by atoms with E-state index in [-0.39, 0.29) is 23.2 Å². The van der Waals surface area contributed by atoms with Crippen LogP contribution < -0.4 is 10.2 Å². The van der Waals surface area contributed by atoms with Gasteiger partial charge in [0.1, 0.15) is 6.54 Å². The van der Waals surface area contributed by atoms with Gasteiger partial charge in [0.25, 0.3) is 0 Å². The van der Waals surface area contributed by atoms with Gasteiger partial charge in [0.05, 0.1) is 15.1 Å². The number of anilines is 1. The zero-order valence-corrected chi connectivity index (χ0v) is 20.8. The number of aromatic nitrogens is 1. The third-order valence-electron chi connectivity index (χ3n) is 7.37. The van der Waals surface area contributed by atoms with Crippen LogP contribution in [0, 0.1) is 17.8 Å². The summed E-state index contributed by atoms with van der Waals surface area (Å²) in [6, 6.07) is 15.1. The summed E-state index contributed by atoms with van der Waals surface area (Å²) < 4.78 is 1.66. The minimum atomic E-state index is -0.197. The fraction of sp³-hybridized carbons (Fsp3) is 0.360. The highest BCUT2D eigenvalue weighted by Gasteiger charge is 2.55. The highest BCUT2D eigenvalue weighted by atomic mass is 35.5. The first kappa shape index (κ1) is 21.8. The number of hydrogen-bond donors (Lipinski definition) is 1. The number of rotatable bonds is 4. The molecule has 2 bridgehead atoms. The fourth-order valence-corrected chi connectivity index (χ4v) is 9.63. The molecule has 1 amide bonds. The topological polar surface area (TPSA) is 51.1 Å². The summed E-state index contributed by atoms with van der Waals surface area (Å²) in [4.78, 5) is 26.9. The van der Waals surface area contributed by atoms with Gasteiger partial charge in [-0.25, -0.2) is 0 Å². The van der Waals surface area contributed by atoms with Gasteiger partial charge in [-0.1, -0.05) is 64.9 Å². The van der Waals surface area contributed by atoms with Gasteiger partial charge in [0.2, 0.25) is 5.91 Å². The van der Waals surface area contributed by atoms with Crippen molar-refractivity contribution in [2.24, 2.45) is 17.8 Å². The number of fused-ring (bicyclic) bond motifs is 6. The number of para-hydroxylation sites is 1. The van der Waals surface area contributed by atoms with Crippen molar-refractivity contribution in [3.05, 3.63) is 78.7 Å². The molecule has 3 aliphatic rings. The monoisotopic (exact) mass is 516 g/mol. The van der Waals surface area contributed by atoms with Crippen LogP contribution in [0.25, 0.3) is 0 Å². The Kier molecular flexibility index (Phi) is 5.60. The van der Waals surface area contributed by atoms with Crippen LogP contribution in [0.3, 0.4) is 0 Å². The molecular formula is C25H22Cl2N2O2S2. The van der Waals surface area contributed by atoms with E-state index in [9.17, 15) is 9.59 Å². The number of nitrogens with one attached hydrogen (secondary N) is 1. The summed E-state index contributed by atoms with van der Waals surface area (Å²) in [7, 11) is 0. The molecule has 0 saturated heterocycles. The van der Waals surface area contributed by atoms with Crippen LogP contribution in [-0.4, -0.2) is 15.7 Å². The van der Waals surface area contributed by atoms with E-state index in [0.29, 0.717) is 33.0 Å². The van der Waals surface area contributed by atoms with E-state index >= 15 is 0 Å². The molecule has 3 aromatic rings. The zero-order valence-electron chi connectivity index (χ0n) is 17.7. The Morgan fingerprint density at radius 1 is 1.06 bits per heavy atom. The van der Waals surface area contributed by atoms with Crippen LogP contribution in [0.2, 0.25) is 10.0 Å². The molecule has 1 aromatic heterocycles. The number of amides is 1. The largest absolute Gasteiger partial charge is 0.325 e. The zero-order chi connectivity index (χ0) is 22.7. The first-order chi connectivity index (χ1) is 16.0. The SMILES string of the molecule is O=C(Cn1c2c(sc1=O)[C@@H](c1cccc(Cl)c1Cl)[C@@H]1[C@H]3CC[C@@H](C3)[C@H]1S2)Nc1ccccc1. The first-order valence-corrected chi connectivity index (χ1v) is 13.7. The van der Waals surface area contributed by atoms with E-state index in [1.807, 2.05) is 54.2 Å². The van der Waals surface area contributed by atoms with E-state index in [0.717, 1.165) is 21.2 Å². The Morgan fingerprint density at radius 3 is 2.67 bits per heavy atom. The smallest absolute Gasteiger partial charge is 0.308 e. The van der Waals surface area contributed by atoms with E-state index in [2.05, 4.69) is 11.4 Å². The molecule has 170 valence electrons. The summed E-state index contributed by atoms with van der Waals surface area (Å²) in [6.07, 6.45) is 3.73. The molecule has 0 spiro atoms. The Bertz CT molecular complexity index is 1290.